The smallest absolute Gasteiger partial charge is 0.255 e. The number of likely N-dealkylation sites (tertiary alicyclic amines) is 1. The number of guanidine groups is 1. The summed E-state index contributed by atoms with van der Waals surface area (Å²) in [5.74, 6) is 1.44. The molecule has 0 saturated carbocycles. The van der Waals surface area contributed by atoms with Gasteiger partial charge in [-0.1, -0.05) is 12.1 Å². The molecule has 8 heteroatoms. The van der Waals surface area contributed by atoms with Gasteiger partial charge in [-0.05, 0) is 34.7 Å². The zero-order chi connectivity index (χ0) is 15.9. The van der Waals surface area contributed by atoms with Crippen molar-refractivity contribution in [3.8, 4) is 5.75 Å². The second-order valence-corrected chi connectivity index (χ2v) is 6.22. The maximum atomic E-state index is 12.3. The molecule has 0 atom stereocenters. The minimum atomic E-state index is -2.38. The highest BCUT2D eigenvalue weighted by atomic mass is 127. The van der Waals surface area contributed by atoms with Gasteiger partial charge in [0.15, 0.2) is 5.96 Å². The highest BCUT2D eigenvalue weighted by molar-refractivity contribution is 14.1. The van der Waals surface area contributed by atoms with Crippen LogP contribution >= 0.6 is 46.6 Å². The number of hydrogen-bond acceptors (Lipinski definition) is 2. The summed E-state index contributed by atoms with van der Waals surface area (Å²) in [4.78, 5) is 6.06. The first-order valence-electron chi connectivity index (χ1n) is 7.25. The monoisotopic (exact) mass is 551 g/mol. The SMILES string of the molecule is CN=C(NCC(F)F)N1CCC(Oc2ccccc2I)CC1.I. The summed E-state index contributed by atoms with van der Waals surface area (Å²) < 4.78 is 31.7. The number of alkyl halides is 2. The predicted octanol–water partition coefficient (Wildman–Crippen LogP) is 3.59. The van der Waals surface area contributed by atoms with Crippen LogP contribution < -0.4 is 10.1 Å². The fourth-order valence-electron chi connectivity index (χ4n) is 2.41. The number of piperidine rings is 1. The summed E-state index contributed by atoms with van der Waals surface area (Å²) in [6.45, 7) is 1.12. The molecule has 1 aromatic rings. The number of nitrogens with zero attached hydrogens (tertiary/aromatic N) is 2. The summed E-state index contributed by atoms with van der Waals surface area (Å²) in [7, 11) is 1.61. The lowest BCUT2D eigenvalue weighted by atomic mass is 10.1. The van der Waals surface area contributed by atoms with E-state index in [1.165, 1.54) is 0 Å². The Morgan fingerprint density at radius 2 is 2.04 bits per heavy atom. The quantitative estimate of drug-likeness (QED) is 0.354. The molecule has 0 radical (unpaired) electrons. The first kappa shape index (κ1) is 20.7. The molecule has 2 rings (SSSR count). The number of nitrogens with one attached hydrogen (secondary N) is 1. The maximum Gasteiger partial charge on any atom is 0.255 e. The van der Waals surface area contributed by atoms with E-state index in [9.17, 15) is 8.78 Å². The van der Waals surface area contributed by atoms with Crippen LogP contribution in [0.15, 0.2) is 29.3 Å². The lowest BCUT2D eigenvalue weighted by molar-refractivity contribution is 0.125. The van der Waals surface area contributed by atoms with Gasteiger partial charge in [0.1, 0.15) is 11.9 Å². The van der Waals surface area contributed by atoms with Gasteiger partial charge in [-0.3, -0.25) is 4.99 Å². The standard InChI is InChI=1S/C15H20F2IN3O.HI/c1-19-15(20-10-14(16)17)21-8-6-11(7-9-21)22-13-5-3-2-4-12(13)18;/h2-5,11,14H,6-10H2,1H3,(H,19,20);1H. The number of halogens is 4. The van der Waals surface area contributed by atoms with Gasteiger partial charge in [-0.15, -0.1) is 24.0 Å². The molecule has 0 unspecified atom stereocenters. The summed E-state index contributed by atoms with van der Waals surface area (Å²) in [5.41, 5.74) is 0. The third-order valence-corrected chi connectivity index (χ3v) is 4.39. The predicted molar refractivity (Wildman–Crippen MR) is 107 cm³/mol. The molecular weight excluding hydrogens is 530 g/mol. The Labute approximate surface area is 166 Å². The molecule has 4 nitrogen and oxygen atoms in total. The number of aliphatic imine (C=N–C) groups is 1. The summed E-state index contributed by atoms with van der Waals surface area (Å²) >= 11 is 2.26. The molecule has 1 aliphatic rings. The molecular formula is C15H21F2I2N3O. The van der Waals surface area contributed by atoms with Crippen LogP contribution in [-0.2, 0) is 0 Å². The van der Waals surface area contributed by atoms with Crippen LogP contribution in [0.25, 0.3) is 0 Å². The van der Waals surface area contributed by atoms with E-state index < -0.39 is 6.43 Å². The Kier molecular flexibility index (Phi) is 9.40. The largest absolute Gasteiger partial charge is 0.489 e. The molecule has 0 bridgehead atoms. The van der Waals surface area contributed by atoms with Gasteiger partial charge < -0.3 is 15.0 Å². The van der Waals surface area contributed by atoms with Gasteiger partial charge in [-0.2, -0.15) is 0 Å². The third-order valence-electron chi connectivity index (χ3n) is 3.50. The fraction of sp³-hybridized carbons (Fsp3) is 0.533. The summed E-state index contributed by atoms with van der Waals surface area (Å²) in [6.07, 6.45) is -0.529. The minimum absolute atomic E-state index is 0. The third kappa shape index (κ3) is 6.55. The van der Waals surface area contributed by atoms with E-state index >= 15 is 0 Å². The Morgan fingerprint density at radius 1 is 1.39 bits per heavy atom. The van der Waals surface area contributed by atoms with Crippen LogP contribution in [0.4, 0.5) is 8.78 Å². The van der Waals surface area contributed by atoms with Gasteiger partial charge in [-0.25, -0.2) is 8.78 Å². The first-order valence-corrected chi connectivity index (χ1v) is 8.33. The molecule has 1 saturated heterocycles. The average molecular weight is 551 g/mol. The molecule has 23 heavy (non-hydrogen) atoms. The zero-order valence-corrected chi connectivity index (χ0v) is 17.3. The zero-order valence-electron chi connectivity index (χ0n) is 12.8. The second-order valence-electron chi connectivity index (χ2n) is 5.05. The van der Waals surface area contributed by atoms with E-state index in [1.54, 1.807) is 7.05 Å². The molecule has 0 spiro atoms. The normalized spacial score (nSPS) is 16.2. The lowest BCUT2D eigenvalue weighted by Gasteiger charge is -2.34. The van der Waals surface area contributed by atoms with Crippen molar-refractivity contribution in [2.45, 2.75) is 25.4 Å². The molecule has 0 aliphatic carbocycles. The molecule has 1 fully saturated rings. The van der Waals surface area contributed by atoms with Gasteiger partial charge in [0, 0.05) is 33.0 Å². The topological polar surface area (TPSA) is 36.9 Å². The van der Waals surface area contributed by atoms with Crippen molar-refractivity contribution in [3.63, 3.8) is 0 Å². The van der Waals surface area contributed by atoms with Crippen molar-refractivity contribution in [1.82, 2.24) is 10.2 Å². The highest BCUT2D eigenvalue weighted by Crippen LogP contribution is 2.24. The Morgan fingerprint density at radius 3 is 2.61 bits per heavy atom. The van der Waals surface area contributed by atoms with Gasteiger partial charge >= 0.3 is 0 Å². The number of ether oxygens (including phenoxy) is 1. The van der Waals surface area contributed by atoms with Crippen LogP contribution in [0.1, 0.15) is 12.8 Å². The van der Waals surface area contributed by atoms with Crippen molar-refractivity contribution in [3.05, 3.63) is 27.8 Å². The van der Waals surface area contributed by atoms with Crippen LogP contribution in [-0.4, -0.2) is 50.1 Å². The molecule has 1 aromatic carbocycles. The molecule has 130 valence electrons. The number of para-hydroxylation sites is 1. The van der Waals surface area contributed by atoms with E-state index in [-0.39, 0.29) is 36.6 Å². The van der Waals surface area contributed by atoms with Crippen molar-refractivity contribution < 1.29 is 13.5 Å². The van der Waals surface area contributed by atoms with E-state index in [4.69, 9.17) is 4.74 Å². The van der Waals surface area contributed by atoms with Crippen molar-refractivity contribution >= 4 is 52.5 Å². The Balaban J connectivity index is 0.00000264. The van der Waals surface area contributed by atoms with Gasteiger partial charge in [0.05, 0.1) is 10.1 Å². The van der Waals surface area contributed by atoms with Crippen LogP contribution in [0, 0.1) is 3.57 Å². The minimum Gasteiger partial charge on any atom is -0.489 e. The summed E-state index contributed by atoms with van der Waals surface area (Å²) in [6, 6.07) is 7.93. The van der Waals surface area contributed by atoms with E-state index in [0.29, 0.717) is 5.96 Å². The lowest BCUT2D eigenvalue weighted by Crippen LogP contribution is -2.48. The fourth-order valence-corrected chi connectivity index (χ4v) is 2.92. The van der Waals surface area contributed by atoms with Crippen molar-refractivity contribution in [2.75, 3.05) is 26.7 Å². The average Bonchev–Trinajstić information content (AvgIpc) is 2.51. The molecule has 0 amide bonds. The summed E-state index contributed by atoms with van der Waals surface area (Å²) in [5, 5.41) is 2.70. The van der Waals surface area contributed by atoms with Crippen LogP contribution in [0.5, 0.6) is 5.75 Å². The Bertz CT molecular complexity index is 509. The van der Waals surface area contributed by atoms with E-state index in [1.807, 2.05) is 29.2 Å². The van der Waals surface area contributed by atoms with Crippen LogP contribution in [0.2, 0.25) is 0 Å². The van der Waals surface area contributed by atoms with Gasteiger partial charge in [0.2, 0.25) is 0 Å². The molecule has 0 aromatic heterocycles. The van der Waals surface area contributed by atoms with Crippen molar-refractivity contribution in [2.24, 2.45) is 4.99 Å². The molecule has 1 N–H and O–H groups in total. The van der Waals surface area contributed by atoms with Crippen molar-refractivity contribution in [1.29, 1.82) is 0 Å². The Hall–Kier alpha value is -0.390. The van der Waals surface area contributed by atoms with E-state index in [0.717, 1.165) is 35.3 Å². The maximum absolute atomic E-state index is 12.3. The highest BCUT2D eigenvalue weighted by Gasteiger charge is 2.23. The molecule has 1 aliphatic heterocycles. The van der Waals surface area contributed by atoms with Gasteiger partial charge in [0.25, 0.3) is 6.43 Å². The molecule has 1 heterocycles. The number of rotatable bonds is 4. The number of benzene rings is 1. The number of hydrogen-bond donors (Lipinski definition) is 1. The van der Waals surface area contributed by atoms with E-state index in [2.05, 4.69) is 32.9 Å². The van der Waals surface area contributed by atoms with Crippen LogP contribution in [0.3, 0.4) is 0 Å². The first-order chi connectivity index (χ1) is 10.6. The second kappa shape index (κ2) is 10.5.